The number of anilines is 1. The van der Waals surface area contributed by atoms with Crippen LogP contribution in [0.5, 0.6) is 17.2 Å². The van der Waals surface area contributed by atoms with E-state index in [1.807, 2.05) is 71.6 Å². The summed E-state index contributed by atoms with van der Waals surface area (Å²) in [6.07, 6.45) is 0.870. The van der Waals surface area contributed by atoms with Gasteiger partial charge in [0, 0.05) is 19.5 Å². The van der Waals surface area contributed by atoms with Crippen molar-refractivity contribution in [3.8, 4) is 17.2 Å². The van der Waals surface area contributed by atoms with Crippen molar-refractivity contribution in [1.29, 1.82) is 0 Å². The summed E-state index contributed by atoms with van der Waals surface area (Å²) in [6, 6.07) is 21.1. The molecule has 1 fully saturated rings. The van der Waals surface area contributed by atoms with Gasteiger partial charge < -0.3 is 24.0 Å². The molecule has 186 valence electrons. The van der Waals surface area contributed by atoms with Gasteiger partial charge in [0.1, 0.15) is 5.75 Å². The standard InChI is InChI=1S/C29H30N2O5/c1-34-24-12-8-7-11-23(24)31-18-21(16-27(31)32)29(33)30-14-13-20-15-25(35-2)26(36-3)17-22(20)28(30)19-9-5-4-6-10-19/h4-12,15,17,21,28H,13-14,16,18H2,1-3H3/t21-,28-/m0/s1. The summed E-state index contributed by atoms with van der Waals surface area (Å²) < 4.78 is 16.6. The molecule has 1 saturated heterocycles. The first-order chi connectivity index (χ1) is 17.5. The van der Waals surface area contributed by atoms with Crippen LogP contribution in [-0.2, 0) is 16.0 Å². The number of benzene rings is 3. The lowest BCUT2D eigenvalue weighted by Gasteiger charge is -2.39. The Morgan fingerprint density at radius 1 is 0.861 bits per heavy atom. The summed E-state index contributed by atoms with van der Waals surface area (Å²) in [5, 5.41) is 0. The van der Waals surface area contributed by atoms with Gasteiger partial charge in [-0.25, -0.2) is 0 Å². The molecule has 0 aliphatic carbocycles. The third-order valence-corrected chi connectivity index (χ3v) is 7.12. The van der Waals surface area contributed by atoms with E-state index in [2.05, 4.69) is 0 Å². The van der Waals surface area contributed by atoms with Crippen LogP contribution in [0.3, 0.4) is 0 Å². The van der Waals surface area contributed by atoms with Crippen molar-refractivity contribution in [3.63, 3.8) is 0 Å². The quantitative estimate of drug-likeness (QED) is 0.521. The smallest absolute Gasteiger partial charge is 0.228 e. The molecule has 36 heavy (non-hydrogen) atoms. The summed E-state index contributed by atoms with van der Waals surface area (Å²) in [7, 11) is 4.83. The average Bonchev–Trinajstić information content (AvgIpc) is 3.32. The molecule has 2 aliphatic heterocycles. The van der Waals surface area contributed by atoms with Gasteiger partial charge in [-0.3, -0.25) is 9.59 Å². The van der Waals surface area contributed by atoms with Crippen molar-refractivity contribution in [2.24, 2.45) is 5.92 Å². The minimum absolute atomic E-state index is 0.0185. The Bertz CT molecular complexity index is 1280. The molecule has 3 aromatic carbocycles. The van der Waals surface area contributed by atoms with Crippen molar-refractivity contribution in [2.75, 3.05) is 39.3 Å². The highest BCUT2D eigenvalue weighted by atomic mass is 16.5. The second kappa shape index (κ2) is 9.93. The first kappa shape index (κ1) is 23.7. The Kier molecular flexibility index (Phi) is 6.55. The number of para-hydroxylation sites is 2. The summed E-state index contributed by atoms with van der Waals surface area (Å²) in [6.45, 7) is 0.884. The molecule has 2 atom stereocenters. The molecule has 5 rings (SSSR count). The maximum Gasteiger partial charge on any atom is 0.228 e. The van der Waals surface area contributed by atoms with Gasteiger partial charge in [0.15, 0.2) is 11.5 Å². The van der Waals surface area contributed by atoms with Crippen molar-refractivity contribution in [3.05, 3.63) is 83.4 Å². The van der Waals surface area contributed by atoms with Gasteiger partial charge in [-0.1, -0.05) is 42.5 Å². The van der Waals surface area contributed by atoms with E-state index in [0.29, 0.717) is 42.4 Å². The summed E-state index contributed by atoms with van der Waals surface area (Å²) in [5.41, 5.74) is 3.86. The van der Waals surface area contributed by atoms with E-state index >= 15 is 0 Å². The predicted octanol–water partition coefficient (Wildman–Crippen LogP) is 4.24. The Hall–Kier alpha value is -4.00. The Labute approximate surface area is 211 Å². The van der Waals surface area contributed by atoms with E-state index in [-0.39, 0.29) is 24.3 Å². The highest BCUT2D eigenvalue weighted by Gasteiger charge is 2.42. The molecule has 2 amide bonds. The van der Waals surface area contributed by atoms with Crippen molar-refractivity contribution in [2.45, 2.75) is 18.9 Å². The maximum absolute atomic E-state index is 14.0. The minimum atomic E-state index is -0.435. The van der Waals surface area contributed by atoms with Crippen molar-refractivity contribution < 1.29 is 23.8 Å². The van der Waals surface area contributed by atoms with Crippen molar-refractivity contribution in [1.82, 2.24) is 4.90 Å². The number of carbonyl (C=O) groups excluding carboxylic acids is 2. The SMILES string of the molecule is COc1cc2c(cc1OC)[C@H](c1ccccc1)N(C(=O)[C@H]1CC(=O)N(c3ccccc3OC)C1)CC2. The van der Waals surface area contributed by atoms with Crippen LogP contribution in [0.15, 0.2) is 66.7 Å². The number of nitrogens with zero attached hydrogens (tertiary/aromatic N) is 2. The monoisotopic (exact) mass is 486 g/mol. The number of ether oxygens (including phenoxy) is 3. The van der Waals surface area contributed by atoms with Crippen LogP contribution in [0.1, 0.15) is 29.2 Å². The molecule has 7 nitrogen and oxygen atoms in total. The van der Waals surface area contributed by atoms with E-state index < -0.39 is 5.92 Å². The van der Waals surface area contributed by atoms with Gasteiger partial charge in [0.05, 0.1) is 39.0 Å². The number of carbonyl (C=O) groups is 2. The van der Waals surface area contributed by atoms with Crippen molar-refractivity contribution >= 4 is 17.5 Å². The maximum atomic E-state index is 14.0. The predicted molar refractivity (Wildman–Crippen MR) is 137 cm³/mol. The van der Waals surface area contributed by atoms with Crippen LogP contribution in [-0.4, -0.2) is 51.1 Å². The van der Waals surface area contributed by atoms with Crippen LogP contribution in [0.2, 0.25) is 0 Å². The fourth-order valence-corrected chi connectivity index (χ4v) is 5.37. The molecular weight excluding hydrogens is 456 g/mol. The van der Waals surface area contributed by atoms with Gasteiger partial charge in [0.25, 0.3) is 0 Å². The van der Waals surface area contributed by atoms with Gasteiger partial charge in [0.2, 0.25) is 11.8 Å². The zero-order chi connectivity index (χ0) is 25.2. The van der Waals surface area contributed by atoms with Gasteiger partial charge in [-0.15, -0.1) is 0 Å². The van der Waals surface area contributed by atoms with Crippen LogP contribution in [0.4, 0.5) is 5.69 Å². The van der Waals surface area contributed by atoms with Gasteiger partial charge in [-0.2, -0.15) is 0 Å². The lowest BCUT2D eigenvalue weighted by molar-refractivity contribution is -0.137. The highest BCUT2D eigenvalue weighted by molar-refractivity contribution is 6.01. The van der Waals surface area contributed by atoms with Gasteiger partial charge >= 0.3 is 0 Å². The third kappa shape index (κ3) is 4.15. The molecule has 0 spiro atoms. The molecule has 0 N–H and O–H groups in total. The number of hydrogen-bond acceptors (Lipinski definition) is 5. The van der Waals surface area contributed by atoms with E-state index in [9.17, 15) is 9.59 Å². The van der Waals surface area contributed by atoms with E-state index in [1.54, 1.807) is 26.2 Å². The topological polar surface area (TPSA) is 68.3 Å². The fourth-order valence-electron chi connectivity index (χ4n) is 5.37. The first-order valence-corrected chi connectivity index (χ1v) is 12.1. The molecule has 2 aliphatic rings. The van der Waals surface area contributed by atoms with Gasteiger partial charge in [-0.05, 0) is 47.4 Å². The molecule has 2 heterocycles. The molecular formula is C29H30N2O5. The number of rotatable bonds is 6. The molecule has 0 bridgehead atoms. The molecule has 0 aromatic heterocycles. The number of methoxy groups -OCH3 is 3. The Balaban J connectivity index is 1.49. The zero-order valence-corrected chi connectivity index (χ0v) is 20.8. The van der Waals surface area contributed by atoms with E-state index in [0.717, 1.165) is 16.7 Å². The molecule has 0 radical (unpaired) electrons. The van der Waals surface area contributed by atoms with Crippen LogP contribution < -0.4 is 19.1 Å². The van der Waals surface area contributed by atoms with E-state index in [4.69, 9.17) is 14.2 Å². The number of fused-ring (bicyclic) bond motifs is 1. The molecule has 0 saturated carbocycles. The first-order valence-electron chi connectivity index (χ1n) is 12.1. The highest BCUT2D eigenvalue weighted by Crippen LogP contribution is 2.42. The Morgan fingerprint density at radius 3 is 2.25 bits per heavy atom. The second-order valence-electron chi connectivity index (χ2n) is 9.08. The average molecular weight is 487 g/mol. The van der Waals surface area contributed by atoms with Crippen LogP contribution in [0, 0.1) is 5.92 Å². The number of amides is 2. The fraction of sp³-hybridized carbons (Fsp3) is 0.310. The molecule has 7 heteroatoms. The summed E-state index contributed by atoms with van der Waals surface area (Å²) >= 11 is 0. The largest absolute Gasteiger partial charge is 0.495 e. The lowest BCUT2D eigenvalue weighted by atomic mass is 9.86. The summed E-state index contributed by atoms with van der Waals surface area (Å²) in [4.78, 5) is 30.6. The minimum Gasteiger partial charge on any atom is -0.495 e. The normalized spacial score (nSPS) is 19.1. The number of hydrogen-bond donors (Lipinski definition) is 0. The van der Waals surface area contributed by atoms with Crippen LogP contribution in [0.25, 0.3) is 0 Å². The molecule has 0 unspecified atom stereocenters. The summed E-state index contributed by atoms with van der Waals surface area (Å²) in [5.74, 6) is 1.40. The Morgan fingerprint density at radius 2 is 1.53 bits per heavy atom. The molecule has 3 aromatic rings. The zero-order valence-electron chi connectivity index (χ0n) is 20.8. The lowest BCUT2D eigenvalue weighted by Crippen LogP contribution is -2.44. The second-order valence-corrected chi connectivity index (χ2v) is 9.08. The van der Waals surface area contributed by atoms with E-state index in [1.165, 1.54) is 0 Å². The third-order valence-electron chi connectivity index (χ3n) is 7.12. The van der Waals surface area contributed by atoms with Crippen LogP contribution >= 0.6 is 0 Å².